The van der Waals surface area contributed by atoms with Gasteiger partial charge in [-0.15, -0.1) is 0 Å². The number of rotatable bonds is 3. The van der Waals surface area contributed by atoms with E-state index in [1.807, 2.05) is 0 Å². The fraction of sp³-hybridized carbons (Fsp3) is 0.538. The summed E-state index contributed by atoms with van der Waals surface area (Å²) in [4.78, 5) is -0.00732. The molecule has 1 aromatic rings. The smallest absolute Gasteiger partial charge is 0.261 e. The van der Waals surface area contributed by atoms with Gasteiger partial charge in [0.2, 0.25) is 0 Å². The quantitative estimate of drug-likeness (QED) is 0.804. The van der Waals surface area contributed by atoms with Crippen molar-refractivity contribution in [2.45, 2.75) is 42.4 Å². The Labute approximate surface area is 117 Å². The normalized spacial score (nSPS) is 28.3. The van der Waals surface area contributed by atoms with Gasteiger partial charge in [0.1, 0.15) is 5.67 Å². The zero-order valence-corrected chi connectivity index (χ0v) is 12.2. The fourth-order valence-electron chi connectivity index (χ4n) is 2.49. The van der Waals surface area contributed by atoms with Gasteiger partial charge in [0.25, 0.3) is 9.05 Å². The number of hydrogen-bond acceptors (Lipinski definition) is 3. The molecular weight excluding hydrogens is 291 g/mol. The molecule has 0 saturated heterocycles. The third-order valence-corrected chi connectivity index (χ3v) is 5.08. The van der Waals surface area contributed by atoms with E-state index in [1.165, 1.54) is 24.3 Å². The number of methoxy groups -OCH3 is 1. The lowest BCUT2D eigenvalue weighted by molar-refractivity contribution is 0.00579. The van der Waals surface area contributed by atoms with Crippen molar-refractivity contribution in [1.29, 1.82) is 0 Å². The Morgan fingerprint density at radius 3 is 2.21 bits per heavy atom. The molecule has 0 spiro atoms. The molecule has 0 amide bonds. The second-order valence-corrected chi connectivity index (χ2v) is 7.43. The summed E-state index contributed by atoms with van der Waals surface area (Å²) in [6.45, 7) is 0. The molecule has 0 aliphatic heterocycles. The molecule has 0 heterocycles. The van der Waals surface area contributed by atoms with Crippen LogP contribution in [-0.4, -0.2) is 21.6 Å². The van der Waals surface area contributed by atoms with Crippen LogP contribution in [0.25, 0.3) is 0 Å². The van der Waals surface area contributed by atoms with Crippen molar-refractivity contribution < 1.29 is 17.5 Å². The Hall–Kier alpha value is -0.650. The van der Waals surface area contributed by atoms with Crippen molar-refractivity contribution in [3.05, 3.63) is 29.8 Å². The molecule has 0 N–H and O–H groups in total. The zero-order chi connectivity index (χ0) is 14.1. The maximum atomic E-state index is 14.8. The van der Waals surface area contributed by atoms with Crippen LogP contribution in [0.3, 0.4) is 0 Å². The molecule has 1 fully saturated rings. The number of halogens is 2. The summed E-state index contributed by atoms with van der Waals surface area (Å²) in [5.41, 5.74) is -0.894. The lowest BCUT2D eigenvalue weighted by Gasteiger charge is -2.33. The SMILES string of the molecule is COC1CCC(F)(c2ccc(S(=O)(=O)Cl)cc2)CC1. The van der Waals surface area contributed by atoms with Gasteiger partial charge in [-0.25, -0.2) is 12.8 Å². The predicted molar refractivity (Wildman–Crippen MR) is 71.5 cm³/mol. The van der Waals surface area contributed by atoms with Crippen LogP contribution >= 0.6 is 10.7 Å². The summed E-state index contributed by atoms with van der Waals surface area (Å²) in [6, 6.07) is 5.70. The summed E-state index contributed by atoms with van der Waals surface area (Å²) < 4.78 is 42.3. The highest BCUT2D eigenvalue weighted by atomic mass is 35.7. The standard InChI is InChI=1S/C13H16ClFO3S/c1-18-11-6-8-13(15,9-7-11)10-2-4-12(5-3-10)19(14,16)17/h2-5,11H,6-9H2,1H3. The topological polar surface area (TPSA) is 43.4 Å². The minimum Gasteiger partial charge on any atom is -0.381 e. The Morgan fingerprint density at radius 1 is 1.26 bits per heavy atom. The molecule has 1 aliphatic rings. The van der Waals surface area contributed by atoms with Crippen molar-refractivity contribution in [2.75, 3.05) is 7.11 Å². The first-order valence-electron chi connectivity index (χ1n) is 6.12. The van der Waals surface area contributed by atoms with Crippen LogP contribution in [0.2, 0.25) is 0 Å². The molecular formula is C13H16ClFO3S. The highest BCUT2D eigenvalue weighted by Gasteiger charge is 2.37. The van der Waals surface area contributed by atoms with E-state index in [4.69, 9.17) is 15.4 Å². The molecule has 1 aromatic carbocycles. The molecule has 0 atom stereocenters. The molecule has 1 saturated carbocycles. The second-order valence-electron chi connectivity index (χ2n) is 4.86. The van der Waals surface area contributed by atoms with Gasteiger partial charge in [0, 0.05) is 17.8 Å². The first-order chi connectivity index (χ1) is 8.85. The monoisotopic (exact) mass is 306 g/mol. The van der Waals surface area contributed by atoms with E-state index in [2.05, 4.69) is 0 Å². The Bertz CT molecular complexity index is 534. The Kier molecular flexibility index (Phi) is 4.18. The highest BCUT2D eigenvalue weighted by molar-refractivity contribution is 8.13. The summed E-state index contributed by atoms with van der Waals surface area (Å²) in [5.74, 6) is 0. The Morgan fingerprint density at radius 2 is 1.79 bits per heavy atom. The largest absolute Gasteiger partial charge is 0.381 e. The average molecular weight is 307 g/mol. The molecule has 2 rings (SSSR count). The number of benzene rings is 1. The van der Waals surface area contributed by atoms with Crippen LogP contribution in [0.4, 0.5) is 4.39 Å². The Balaban J connectivity index is 2.18. The van der Waals surface area contributed by atoms with E-state index in [9.17, 15) is 12.8 Å². The van der Waals surface area contributed by atoms with E-state index in [-0.39, 0.29) is 11.0 Å². The van der Waals surface area contributed by atoms with Gasteiger partial charge >= 0.3 is 0 Å². The molecule has 3 nitrogen and oxygen atoms in total. The van der Waals surface area contributed by atoms with Gasteiger partial charge in [0.05, 0.1) is 11.0 Å². The summed E-state index contributed by atoms with van der Waals surface area (Å²) in [7, 11) is 3.11. The van der Waals surface area contributed by atoms with E-state index in [1.54, 1.807) is 7.11 Å². The average Bonchev–Trinajstić information content (AvgIpc) is 2.39. The van der Waals surface area contributed by atoms with Gasteiger partial charge in [-0.2, -0.15) is 0 Å². The van der Waals surface area contributed by atoms with Gasteiger partial charge in [-0.1, -0.05) is 12.1 Å². The minimum absolute atomic E-state index is 0.00732. The molecule has 106 valence electrons. The minimum atomic E-state index is -3.75. The zero-order valence-electron chi connectivity index (χ0n) is 10.6. The van der Waals surface area contributed by atoms with Crippen molar-refractivity contribution in [3.63, 3.8) is 0 Å². The molecule has 0 radical (unpaired) electrons. The van der Waals surface area contributed by atoms with Crippen LogP contribution in [0.1, 0.15) is 31.2 Å². The number of hydrogen-bond donors (Lipinski definition) is 0. The molecule has 19 heavy (non-hydrogen) atoms. The van der Waals surface area contributed by atoms with Crippen LogP contribution in [0.15, 0.2) is 29.2 Å². The van der Waals surface area contributed by atoms with Gasteiger partial charge in [-0.3, -0.25) is 0 Å². The fourth-order valence-corrected chi connectivity index (χ4v) is 3.26. The van der Waals surface area contributed by atoms with E-state index < -0.39 is 14.7 Å². The first kappa shape index (κ1) is 14.8. The molecule has 0 aromatic heterocycles. The molecule has 0 unspecified atom stereocenters. The first-order valence-corrected chi connectivity index (χ1v) is 8.43. The van der Waals surface area contributed by atoms with Crippen molar-refractivity contribution in [1.82, 2.24) is 0 Å². The molecule has 0 bridgehead atoms. The van der Waals surface area contributed by atoms with Crippen LogP contribution in [0.5, 0.6) is 0 Å². The van der Waals surface area contributed by atoms with Crippen LogP contribution in [0, 0.1) is 0 Å². The number of alkyl halides is 1. The van der Waals surface area contributed by atoms with E-state index in [0.717, 1.165) is 0 Å². The van der Waals surface area contributed by atoms with Crippen molar-refractivity contribution in [2.24, 2.45) is 0 Å². The summed E-state index contributed by atoms with van der Waals surface area (Å²) in [6.07, 6.45) is 2.23. The summed E-state index contributed by atoms with van der Waals surface area (Å²) in [5, 5.41) is 0. The van der Waals surface area contributed by atoms with E-state index >= 15 is 0 Å². The van der Waals surface area contributed by atoms with Crippen LogP contribution in [-0.2, 0) is 19.5 Å². The lowest BCUT2D eigenvalue weighted by Crippen LogP contribution is -2.30. The maximum absolute atomic E-state index is 14.8. The number of ether oxygens (including phenoxy) is 1. The predicted octanol–water partition coefficient (Wildman–Crippen LogP) is 3.37. The molecule has 1 aliphatic carbocycles. The van der Waals surface area contributed by atoms with Crippen molar-refractivity contribution in [3.8, 4) is 0 Å². The molecule has 6 heteroatoms. The second kappa shape index (κ2) is 5.38. The van der Waals surface area contributed by atoms with Gasteiger partial charge in [-0.05, 0) is 43.4 Å². The van der Waals surface area contributed by atoms with Crippen LogP contribution < -0.4 is 0 Å². The third-order valence-electron chi connectivity index (χ3n) is 3.71. The highest BCUT2D eigenvalue weighted by Crippen LogP contribution is 2.41. The van der Waals surface area contributed by atoms with Gasteiger partial charge in [0.15, 0.2) is 0 Å². The maximum Gasteiger partial charge on any atom is 0.261 e. The summed E-state index contributed by atoms with van der Waals surface area (Å²) >= 11 is 0. The van der Waals surface area contributed by atoms with Crippen molar-refractivity contribution >= 4 is 19.7 Å². The van der Waals surface area contributed by atoms with Gasteiger partial charge < -0.3 is 4.74 Å². The lowest BCUT2D eigenvalue weighted by atomic mass is 9.80. The van der Waals surface area contributed by atoms with E-state index in [0.29, 0.717) is 31.2 Å². The third kappa shape index (κ3) is 3.27.